The van der Waals surface area contributed by atoms with E-state index in [1.165, 1.54) is 10.5 Å². The second-order valence-electron chi connectivity index (χ2n) is 10.4. The maximum absolute atomic E-state index is 13.8. The molecule has 0 spiro atoms. The zero-order valence-electron chi connectivity index (χ0n) is 23.8. The van der Waals surface area contributed by atoms with Gasteiger partial charge in [0.15, 0.2) is 5.54 Å². The summed E-state index contributed by atoms with van der Waals surface area (Å²) in [5.41, 5.74) is 1.37. The molecule has 2 amide bonds. The van der Waals surface area contributed by atoms with Crippen molar-refractivity contribution in [3.05, 3.63) is 65.7 Å². The highest BCUT2D eigenvalue weighted by Crippen LogP contribution is 2.46. The van der Waals surface area contributed by atoms with Crippen molar-refractivity contribution < 1.29 is 33.0 Å². The predicted molar refractivity (Wildman–Crippen MR) is 151 cm³/mol. The van der Waals surface area contributed by atoms with Gasteiger partial charge in [0.1, 0.15) is 11.5 Å². The molecular weight excluding hydrogens is 518 g/mol. The zero-order chi connectivity index (χ0) is 29.5. The normalized spacial score (nSPS) is 15.8. The van der Waals surface area contributed by atoms with Crippen molar-refractivity contribution in [2.75, 3.05) is 19.8 Å². The summed E-state index contributed by atoms with van der Waals surface area (Å²) in [7, 11) is 0. The Morgan fingerprint density at radius 2 is 1.65 bits per heavy atom. The average molecular weight is 559 g/mol. The number of amides is 2. The number of halogens is 2. The van der Waals surface area contributed by atoms with Crippen LogP contribution in [0.5, 0.6) is 11.5 Å². The molecule has 1 aliphatic rings. The van der Waals surface area contributed by atoms with Crippen molar-refractivity contribution in [3.63, 3.8) is 0 Å². The first kappa shape index (κ1) is 30.9. The Morgan fingerprint density at radius 3 is 2.12 bits per heavy atom. The molecule has 1 saturated carbocycles. The van der Waals surface area contributed by atoms with Crippen LogP contribution < -0.4 is 14.8 Å². The topological polar surface area (TPSA) is 88.1 Å². The Balaban J connectivity index is 1.91. The molecule has 9 heteroatoms. The van der Waals surface area contributed by atoms with E-state index in [1.807, 2.05) is 70.2 Å². The fourth-order valence-corrected chi connectivity index (χ4v) is 5.12. The number of carbonyl (C=O) groups excluding carboxylic acids is 1. The minimum absolute atomic E-state index is 0.294. The lowest BCUT2D eigenvalue weighted by Gasteiger charge is -2.45. The number of nitrogens with one attached hydrogen (secondary N) is 1. The second-order valence-corrected chi connectivity index (χ2v) is 10.4. The van der Waals surface area contributed by atoms with Gasteiger partial charge in [-0.25, -0.2) is 18.4 Å². The van der Waals surface area contributed by atoms with E-state index in [4.69, 9.17) is 9.47 Å². The lowest BCUT2D eigenvalue weighted by atomic mass is 9.73. The number of allylic oxidation sites excluding steroid dienone is 1. The standard InChI is InChI=1S/C31H40F2N2O5/c1-6-39-25-17-24(18-26(40-7-2)27(25)21(3)4)22(5)35(16-12-11-15-23-13-9-8-10-14-23)29(38)34-30(28(36)37)19-31(32,33)20-30/h8-10,13-14,17-18,22H,3,6-7,11-12,15-16,19-20H2,1-2,4-5H3,(H,34,38)(H,36,37). The Hall–Kier alpha value is -3.62. The van der Waals surface area contributed by atoms with Gasteiger partial charge in [0.2, 0.25) is 0 Å². The van der Waals surface area contributed by atoms with Crippen LogP contribution in [0.2, 0.25) is 0 Å². The van der Waals surface area contributed by atoms with Gasteiger partial charge in [-0.3, -0.25) is 0 Å². The molecule has 218 valence electrons. The third-order valence-electron chi connectivity index (χ3n) is 7.16. The number of aryl methyl sites for hydroxylation is 1. The quantitative estimate of drug-likeness (QED) is 0.247. The Morgan fingerprint density at radius 1 is 1.07 bits per heavy atom. The average Bonchev–Trinajstić information content (AvgIpc) is 2.87. The molecule has 2 aromatic carbocycles. The van der Waals surface area contributed by atoms with Gasteiger partial charge in [-0.15, -0.1) is 0 Å². The number of carbonyl (C=O) groups is 2. The molecule has 40 heavy (non-hydrogen) atoms. The van der Waals surface area contributed by atoms with E-state index >= 15 is 0 Å². The van der Waals surface area contributed by atoms with Crippen LogP contribution in [0.25, 0.3) is 5.57 Å². The molecule has 1 atom stereocenters. The summed E-state index contributed by atoms with van der Waals surface area (Å²) in [5.74, 6) is -3.47. The van der Waals surface area contributed by atoms with Gasteiger partial charge < -0.3 is 24.8 Å². The van der Waals surface area contributed by atoms with Gasteiger partial charge in [-0.2, -0.15) is 0 Å². The van der Waals surface area contributed by atoms with Crippen molar-refractivity contribution in [2.45, 2.75) is 77.3 Å². The molecule has 1 aliphatic carbocycles. The number of carboxylic acid groups (broad SMARTS) is 1. The van der Waals surface area contributed by atoms with E-state index in [-0.39, 0.29) is 0 Å². The number of hydrogen-bond donors (Lipinski definition) is 2. The highest BCUT2D eigenvalue weighted by atomic mass is 19.3. The Kier molecular flexibility index (Phi) is 10.2. The van der Waals surface area contributed by atoms with Gasteiger partial charge in [-0.05, 0) is 75.8 Å². The molecule has 1 unspecified atom stereocenters. The number of alkyl halides is 2. The summed E-state index contributed by atoms with van der Waals surface area (Å²) in [6.45, 7) is 12.6. The first-order valence-electron chi connectivity index (χ1n) is 13.8. The summed E-state index contributed by atoms with van der Waals surface area (Å²) >= 11 is 0. The minimum Gasteiger partial charge on any atom is -0.493 e. The molecule has 1 fully saturated rings. The van der Waals surface area contributed by atoms with Crippen molar-refractivity contribution in [1.82, 2.24) is 10.2 Å². The minimum atomic E-state index is -3.13. The van der Waals surface area contributed by atoms with E-state index in [0.717, 1.165) is 24.0 Å². The van der Waals surface area contributed by atoms with E-state index in [2.05, 4.69) is 11.9 Å². The van der Waals surface area contributed by atoms with Crippen molar-refractivity contribution >= 4 is 17.6 Å². The molecule has 2 aromatic rings. The number of nitrogens with zero attached hydrogens (tertiary/aromatic N) is 1. The summed E-state index contributed by atoms with van der Waals surface area (Å²) in [6.07, 6.45) is 0.350. The number of aliphatic carboxylic acids is 1. The van der Waals surface area contributed by atoms with Crippen LogP contribution in [0.1, 0.15) is 76.1 Å². The molecule has 0 aliphatic heterocycles. The first-order chi connectivity index (χ1) is 18.9. The van der Waals surface area contributed by atoms with E-state index in [9.17, 15) is 23.5 Å². The molecule has 0 saturated heterocycles. The van der Waals surface area contributed by atoms with Crippen LogP contribution in [0.15, 0.2) is 49.0 Å². The van der Waals surface area contributed by atoms with Gasteiger partial charge >= 0.3 is 12.0 Å². The van der Waals surface area contributed by atoms with Gasteiger partial charge in [0.05, 0.1) is 24.8 Å². The maximum Gasteiger partial charge on any atom is 0.329 e. The first-order valence-corrected chi connectivity index (χ1v) is 13.8. The van der Waals surface area contributed by atoms with Crippen LogP contribution in [0, 0.1) is 0 Å². The van der Waals surface area contributed by atoms with Crippen molar-refractivity contribution in [3.8, 4) is 11.5 Å². The molecule has 7 nitrogen and oxygen atoms in total. The number of benzene rings is 2. The number of carboxylic acids is 1. The van der Waals surface area contributed by atoms with Crippen LogP contribution >= 0.6 is 0 Å². The predicted octanol–water partition coefficient (Wildman–Crippen LogP) is 6.87. The maximum atomic E-state index is 13.8. The number of urea groups is 1. The lowest BCUT2D eigenvalue weighted by molar-refractivity contribution is -0.175. The Bertz CT molecular complexity index is 1170. The summed E-state index contributed by atoms with van der Waals surface area (Å²) < 4.78 is 39.3. The van der Waals surface area contributed by atoms with Gasteiger partial charge in [0.25, 0.3) is 5.92 Å². The monoisotopic (exact) mass is 558 g/mol. The van der Waals surface area contributed by atoms with E-state index in [1.54, 1.807) is 0 Å². The molecule has 0 heterocycles. The number of hydrogen-bond acceptors (Lipinski definition) is 4. The number of ether oxygens (including phenoxy) is 2. The molecule has 0 aromatic heterocycles. The van der Waals surface area contributed by atoms with Crippen molar-refractivity contribution in [1.29, 1.82) is 0 Å². The molecule has 2 N–H and O–H groups in total. The number of unbranched alkanes of at least 4 members (excludes halogenated alkanes) is 1. The largest absolute Gasteiger partial charge is 0.493 e. The molecule has 0 bridgehead atoms. The fourth-order valence-electron chi connectivity index (χ4n) is 5.12. The van der Waals surface area contributed by atoms with E-state index < -0.39 is 42.3 Å². The van der Waals surface area contributed by atoms with E-state index in [0.29, 0.717) is 43.2 Å². The van der Waals surface area contributed by atoms with Crippen LogP contribution in [0.4, 0.5) is 13.6 Å². The molecule has 3 rings (SSSR count). The highest BCUT2D eigenvalue weighted by molar-refractivity contribution is 5.88. The third-order valence-corrected chi connectivity index (χ3v) is 7.16. The summed E-state index contributed by atoms with van der Waals surface area (Å²) in [6, 6.07) is 12.4. The van der Waals surface area contributed by atoms with Crippen LogP contribution in [0.3, 0.4) is 0 Å². The van der Waals surface area contributed by atoms with Crippen LogP contribution in [-0.4, -0.2) is 53.2 Å². The molecular formula is C31H40F2N2O5. The van der Waals surface area contributed by atoms with Gasteiger partial charge in [0, 0.05) is 19.4 Å². The number of rotatable bonds is 14. The van der Waals surface area contributed by atoms with Gasteiger partial charge in [-0.1, -0.05) is 36.9 Å². The van der Waals surface area contributed by atoms with Crippen molar-refractivity contribution in [2.24, 2.45) is 0 Å². The zero-order valence-corrected chi connectivity index (χ0v) is 23.8. The summed E-state index contributed by atoms with van der Waals surface area (Å²) in [5, 5.41) is 12.1. The highest BCUT2D eigenvalue weighted by Gasteiger charge is 2.62. The lowest BCUT2D eigenvalue weighted by Crippen LogP contribution is -2.68. The third kappa shape index (κ3) is 7.31. The smallest absolute Gasteiger partial charge is 0.329 e. The van der Waals surface area contributed by atoms with Crippen LogP contribution in [-0.2, 0) is 11.2 Å². The Labute approximate surface area is 235 Å². The fraction of sp³-hybridized carbons (Fsp3) is 0.484. The second kappa shape index (κ2) is 13.2. The SMILES string of the molecule is C=C(C)c1c(OCC)cc(C(C)N(CCCCc2ccccc2)C(=O)NC2(C(=O)O)CC(F)(F)C2)cc1OCC. The molecule has 0 radical (unpaired) electrons. The summed E-state index contributed by atoms with van der Waals surface area (Å²) in [4.78, 5) is 27.0.